The van der Waals surface area contributed by atoms with Gasteiger partial charge in [-0.25, -0.2) is 14.2 Å². The van der Waals surface area contributed by atoms with Crippen molar-refractivity contribution in [3.8, 4) is 0 Å². The topological polar surface area (TPSA) is 102 Å². The maximum Gasteiger partial charge on any atom is 0.336 e. The summed E-state index contributed by atoms with van der Waals surface area (Å²) in [7, 11) is 3.11. The average molecular weight is 315 g/mol. The Hall–Kier alpha value is -2.00. The smallest absolute Gasteiger partial charge is 0.336 e. The first-order valence-electron chi connectivity index (χ1n) is 6.84. The Morgan fingerprint density at radius 2 is 2.09 bits per heavy atom. The highest BCUT2D eigenvalue weighted by Crippen LogP contribution is 2.23. The zero-order valence-electron chi connectivity index (χ0n) is 12.3. The van der Waals surface area contributed by atoms with Crippen molar-refractivity contribution >= 4 is 6.03 Å². The van der Waals surface area contributed by atoms with Crippen LogP contribution in [0, 0.1) is 5.82 Å². The van der Waals surface area contributed by atoms with Crippen molar-refractivity contribution in [2.45, 2.75) is 37.5 Å². The van der Waals surface area contributed by atoms with Crippen LogP contribution in [0.2, 0.25) is 0 Å². The van der Waals surface area contributed by atoms with Gasteiger partial charge < -0.3 is 14.8 Å². The number of aromatic nitrogens is 2. The van der Waals surface area contributed by atoms with Crippen molar-refractivity contribution in [1.82, 2.24) is 14.9 Å². The molecule has 8 nitrogen and oxygen atoms in total. The van der Waals surface area contributed by atoms with Gasteiger partial charge in [0.1, 0.15) is 0 Å². The highest BCUT2D eigenvalue weighted by molar-refractivity contribution is 5.76. The molecule has 2 rings (SSSR count). The van der Waals surface area contributed by atoms with E-state index in [0.29, 0.717) is 23.6 Å². The zero-order valence-corrected chi connectivity index (χ0v) is 12.3. The summed E-state index contributed by atoms with van der Waals surface area (Å²) in [5.41, 5.74) is -2.17. The molecule has 9 heteroatoms. The van der Waals surface area contributed by atoms with E-state index in [1.165, 1.54) is 7.11 Å². The van der Waals surface area contributed by atoms with E-state index in [4.69, 9.17) is 9.47 Å². The van der Waals surface area contributed by atoms with Crippen LogP contribution >= 0.6 is 0 Å². The normalized spacial score (nSPS) is 25.0. The fourth-order valence-electron chi connectivity index (χ4n) is 2.58. The number of rotatable bonds is 3. The van der Waals surface area contributed by atoms with E-state index in [-0.39, 0.29) is 18.2 Å². The third kappa shape index (κ3) is 3.42. The second kappa shape index (κ2) is 6.84. The first kappa shape index (κ1) is 16.4. The fourth-order valence-corrected chi connectivity index (χ4v) is 2.58. The van der Waals surface area contributed by atoms with Crippen molar-refractivity contribution < 1.29 is 18.7 Å². The van der Waals surface area contributed by atoms with E-state index in [9.17, 15) is 18.8 Å². The summed E-state index contributed by atoms with van der Waals surface area (Å²) in [5.74, 6) is -1.21. The fraction of sp³-hybridized carbons (Fsp3) is 0.615. The summed E-state index contributed by atoms with van der Waals surface area (Å²) in [6.45, 7) is 0. The van der Waals surface area contributed by atoms with Crippen molar-refractivity contribution in [1.29, 1.82) is 0 Å². The number of nitrogens with zero attached hydrogens (tertiary/aromatic N) is 1. The molecule has 1 aromatic heterocycles. The predicted octanol–water partition coefficient (Wildman–Crippen LogP) is -0.184. The number of carbonyl (C=O) groups is 1. The molecule has 1 aromatic rings. The number of halogens is 1. The van der Waals surface area contributed by atoms with Gasteiger partial charge in [0.15, 0.2) is 0 Å². The van der Waals surface area contributed by atoms with Gasteiger partial charge in [-0.15, -0.1) is 0 Å². The molecule has 1 aliphatic rings. The minimum absolute atomic E-state index is 0.0271. The molecule has 1 heterocycles. The quantitative estimate of drug-likeness (QED) is 0.805. The van der Waals surface area contributed by atoms with Crippen LogP contribution in [0.25, 0.3) is 0 Å². The van der Waals surface area contributed by atoms with Crippen molar-refractivity contribution in [2.24, 2.45) is 0 Å². The molecule has 3 unspecified atom stereocenters. The molecule has 122 valence electrons. The molecular formula is C13H18FN3O5. The molecule has 0 aromatic carbocycles. The summed E-state index contributed by atoms with van der Waals surface area (Å²) in [6, 6.07) is -1.21. The molecule has 0 radical (unpaired) electrons. The lowest BCUT2D eigenvalue weighted by Gasteiger charge is -2.35. The third-order valence-electron chi connectivity index (χ3n) is 3.80. The first-order chi connectivity index (χ1) is 10.5. The molecule has 1 aliphatic carbocycles. The Balaban J connectivity index is 2.18. The summed E-state index contributed by atoms with van der Waals surface area (Å²) in [4.78, 5) is 36.4. The zero-order chi connectivity index (χ0) is 16.3. The minimum atomic E-state index is -1.21. The highest BCUT2D eigenvalue weighted by atomic mass is 19.1. The number of carbonyl (C=O) groups excluding carboxylic acids is 1. The van der Waals surface area contributed by atoms with Gasteiger partial charge >= 0.3 is 11.7 Å². The first-order valence-corrected chi connectivity index (χ1v) is 6.84. The number of H-pyrrole nitrogens is 1. The number of ether oxygens (including phenoxy) is 2. The number of amides is 1. The van der Waals surface area contributed by atoms with Crippen molar-refractivity contribution in [3.63, 3.8) is 0 Å². The average Bonchev–Trinajstić information content (AvgIpc) is 2.50. The van der Waals surface area contributed by atoms with Crippen LogP contribution in [0.3, 0.4) is 0 Å². The van der Waals surface area contributed by atoms with E-state index < -0.39 is 23.1 Å². The van der Waals surface area contributed by atoms with Gasteiger partial charge in [-0.3, -0.25) is 9.78 Å². The van der Waals surface area contributed by atoms with E-state index in [2.05, 4.69) is 5.32 Å². The second-order valence-electron chi connectivity index (χ2n) is 5.11. The molecule has 22 heavy (non-hydrogen) atoms. The molecule has 1 amide bonds. The molecule has 0 aliphatic heterocycles. The summed E-state index contributed by atoms with van der Waals surface area (Å²) in [6.07, 6.45) is 2.32. The summed E-state index contributed by atoms with van der Waals surface area (Å²) < 4.78 is 24.3. The standard InChI is InChI=1S/C13H18FN3O5/c1-21-7-3-4-10(22-2)9(5-7)15-12(19)17-6-8(14)11(18)16-13(17)20/h6-7,9-10H,3-5H2,1-2H3,(H,15,19)(H,16,18,20). The highest BCUT2D eigenvalue weighted by Gasteiger charge is 2.32. The van der Waals surface area contributed by atoms with Gasteiger partial charge in [0, 0.05) is 14.2 Å². The molecule has 0 spiro atoms. The van der Waals surface area contributed by atoms with E-state index in [1.54, 1.807) is 12.1 Å². The van der Waals surface area contributed by atoms with Crippen LogP contribution in [0.5, 0.6) is 0 Å². The van der Waals surface area contributed by atoms with Crippen molar-refractivity contribution in [2.75, 3.05) is 14.2 Å². The Labute approximate surface area is 125 Å². The van der Waals surface area contributed by atoms with Crippen LogP contribution < -0.4 is 16.6 Å². The van der Waals surface area contributed by atoms with Gasteiger partial charge in [-0.2, -0.15) is 4.39 Å². The lowest BCUT2D eigenvalue weighted by Crippen LogP contribution is -2.52. The minimum Gasteiger partial charge on any atom is -0.381 e. The van der Waals surface area contributed by atoms with Crippen LogP contribution in [-0.2, 0) is 9.47 Å². The number of hydrogen-bond donors (Lipinski definition) is 2. The van der Waals surface area contributed by atoms with Crippen molar-refractivity contribution in [3.05, 3.63) is 32.9 Å². The number of aromatic amines is 1. The van der Waals surface area contributed by atoms with Gasteiger partial charge in [0.25, 0.3) is 5.56 Å². The molecule has 1 saturated carbocycles. The van der Waals surface area contributed by atoms with Gasteiger partial charge in [-0.1, -0.05) is 0 Å². The molecule has 3 atom stereocenters. The molecule has 0 saturated heterocycles. The van der Waals surface area contributed by atoms with Gasteiger partial charge in [-0.05, 0) is 19.3 Å². The Bertz CT molecular complexity index is 656. The van der Waals surface area contributed by atoms with Gasteiger partial charge in [0.05, 0.1) is 24.4 Å². The van der Waals surface area contributed by atoms with Gasteiger partial charge in [0.2, 0.25) is 5.82 Å². The van der Waals surface area contributed by atoms with Crippen LogP contribution in [0.15, 0.2) is 15.8 Å². The lowest BCUT2D eigenvalue weighted by atomic mass is 9.90. The summed E-state index contributed by atoms with van der Waals surface area (Å²) >= 11 is 0. The Kier molecular flexibility index (Phi) is 5.09. The number of nitrogens with one attached hydrogen (secondary N) is 2. The van der Waals surface area contributed by atoms with E-state index >= 15 is 0 Å². The third-order valence-corrected chi connectivity index (χ3v) is 3.80. The van der Waals surface area contributed by atoms with E-state index in [1.807, 2.05) is 0 Å². The molecule has 2 N–H and O–H groups in total. The maximum absolute atomic E-state index is 13.2. The second-order valence-corrected chi connectivity index (χ2v) is 5.11. The maximum atomic E-state index is 13.2. The van der Waals surface area contributed by atoms with E-state index in [0.717, 1.165) is 6.42 Å². The largest absolute Gasteiger partial charge is 0.381 e. The molecule has 1 fully saturated rings. The predicted molar refractivity (Wildman–Crippen MR) is 74.4 cm³/mol. The van der Waals surface area contributed by atoms with Crippen LogP contribution in [-0.4, -0.2) is 48.1 Å². The lowest BCUT2D eigenvalue weighted by molar-refractivity contribution is -0.0149. The molecule has 0 bridgehead atoms. The Morgan fingerprint density at radius 3 is 2.73 bits per heavy atom. The number of methoxy groups -OCH3 is 2. The molecular weight excluding hydrogens is 297 g/mol. The Morgan fingerprint density at radius 1 is 1.36 bits per heavy atom. The number of hydrogen-bond acceptors (Lipinski definition) is 5. The van der Waals surface area contributed by atoms with Crippen LogP contribution in [0.1, 0.15) is 19.3 Å². The monoisotopic (exact) mass is 315 g/mol. The van der Waals surface area contributed by atoms with Crippen LogP contribution in [0.4, 0.5) is 9.18 Å². The summed E-state index contributed by atoms with van der Waals surface area (Å²) in [5, 5.41) is 2.62. The SMILES string of the molecule is COC1CCC(OC)C(NC(=O)n2cc(F)c(=O)[nH]c2=O)C1.